The number of benzene rings is 3. The molecule has 0 N–H and O–H groups in total. The van der Waals surface area contributed by atoms with Crippen molar-refractivity contribution in [3.8, 4) is 0 Å². The second kappa shape index (κ2) is 9.76. The van der Waals surface area contributed by atoms with Gasteiger partial charge in [0.25, 0.3) is 0 Å². The Morgan fingerprint density at radius 2 is 1.03 bits per heavy atom. The molecule has 0 radical (unpaired) electrons. The van der Waals surface area contributed by atoms with Crippen molar-refractivity contribution in [2.24, 2.45) is 0 Å². The highest BCUT2D eigenvalue weighted by Gasteiger charge is 2.39. The van der Waals surface area contributed by atoms with E-state index >= 15 is 0 Å². The van der Waals surface area contributed by atoms with Gasteiger partial charge in [-0.1, -0.05) is 112 Å². The second-order valence-corrected chi connectivity index (χ2v) is 14.5. The van der Waals surface area contributed by atoms with Crippen LogP contribution >= 0.6 is 0 Å². The molecule has 2 heteroatoms. The molecule has 0 aromatic heterocycles. The summed E-state index contributed by atoms with van der Waals surface area (Å²) in [5.41, 5.74) is 4.05. The van der Waals surface area contributed by atoms with Crippen molar-refractivity contribution in [3.63, 3.8) is 0 Å². The molecule has 158 valence electrons. The first kappa shape index (κ1) is 22.5. The topological polar surface area (TPSA) is 9.23 Å². The zero-order valence-electron chi connectivity index (χ0n) is 19.1. The SMILES string of the molecule is CC(C)(C)[Si](C)(C)OC(CCC(c1ccccc1)c1ccccc1)c1ccccc1. The third-order valence-corrected chi connectivity index (χ3v) is 11.0. The summed E-state index contributed by atoms with van der Waals surface area (Å²) in [7, 11) is -1.88. The van der Waals surface area contributed by atoms with Crippen molar-refractivity contribution in [2.75, 3.05) is 0 Å². The summed E-state index contributed by atoms with van der Waals surface area (Å²) in [5, 5.41) is 0.193. The Morgan fingerprint density at radius 1 is 0.633 bits per heavy atom. The van der Waals surface area contributed by atoms with E-state index in [2.05, 4.69) is 125 Å². The maximum absolute atomic E-state index is 6.95. The lowest BCUT2D eigenvalue weighted by Gasteiger charge is -2.40. The lowest BCUT2D eigenvalue weighted by atomic mass is 9.86. The van der Waals surface area contributed by atoms with Gasteiger partial charge in [-0.15, -0.1) is 0 Å². The van der Waals surface area contributed by atoms with Crippen molar-refractivity contribution in [3.05, 3.63) is 108 Å². The van der Waals surface area contributed by atoms with E-state index in [9.17, 15) is 0 Å². The zero-order valence-corrected chi connectivity index (χ0v) is 20.1. The van der Waals surface area contributed by atoms with Crippen molar-refractivity contribution in [2.45, 2.75) is 63.8 Å². The van der Waals surface area contributed by atoms with Gasteiger partial charge in [-0.3, -0.25) is 0 Å². The fourth-order valence-electron chi connectivity index (χ4n) is 3.71. The summed E-state index contributed by atoms with van der Waals surface area (Å²) >= 11 is 0. The molecule has 0 aliphatic carbocycles. The normalized spacial score (nSPS) is 13.4. The van der Waals surface area contributed by atoms with Gasteiger partial charge in [-0.05, 0) is 47.7 Å². The summed E-state index contributed by atoms with van der Waals surface area (Å²) in [5.74, 6) is 0.377. The molecule has 0 heterocycles. The molecule has 1 atom stereocenters. The van der Waals surface area contributed by atoms with Gasteiger partial charge in [-0.25, -0.2) is 0 Å². The minimum atomic E-state index is -1.88. The minimum absolute atomic E-state index is 0.127. The van der Waals surface area contributed by atoms with E-state index in [1.165, 1.54) is 16.7 Å². The molecule has 1 nitrogen and oxygen atoms in total. The van der Waals surface area contributed by atoms with Crippen molar-refractivity contribution in [1.29, 1.82) is 0 Å². The molecule has 0 amide bonds. The van der Waals surface area contributed by atoms with Crippen LogP contribution in [0.4, 0.5) is 0 Å². The first-order chi connectivity index (χ1) is 14.3. The quantitative estimate of drug-likeness (QED) is 0.335. The van der Waals surface area contributed by atoms with Gasteiger partial charge in [-0.2, -0.15) is 0 Å². The Hall–Kier alpha value is -2.16. The van der Waals surface area contributed by atoms with Gasteiger partial charge in [0, 0.05) is 5.92 Å². The van der Waals surface area contributed by atoms with Crippen molar-refractivity contribution in [1.82, 2.24) is 0 Å². The van der Waals surface area contributed by atoms with Crippen LogP contribution in [-0.4, -0.2) is 8.32 Å². The fraction of sp³-hybridized carbons (Fsp3) is 0.357. The van der Waals surface area contributed by atoms with Crippen LogP contribution in [0.2, 0.25) is 18.1 Å². The van der Waals surface area contributed by atoms with Crippen LogP contribution in [0.3, 0.4) is 0 Å². The molecule has 3 rings (SSSR count). The summed E-state index contributed by atoms with van der Waals surface area (Å²) in [6, 6.07) is 32.6. The van der Waals surface area contributed by atoms with E-state index in [0.29, 0.717) is 5.92 Å². The molecular formula is C28H36OSi. The second-order valence-electron chi connectivity index (χ2n) is 9.73. The summed E-state index contributed by atoms with van der Waals surface area (Å²) in [6.45, 7) is 11.7. The molecule has 0 aliphatic rings. The Bertz CT molecular complexity index is 843. The highest BCUT2D eigenvalue weighted by Crippen LogP contribution is 2.42. The van der Waals surface area contributed by atoms with E-state index in [1.54, 1.807) is 0 Å². The van der Waals surface area contributed by atoms with Crippen LogP contribution in [0.5, 0.6) is 0 Å². The summed E-state index contributed by atoms with van der Waals surface area (Å²) in [6.07, 6.45) is 2.19. The molecule has 0 saturated heterocycles. The van der Waals surface area contributed by atoms with E-state index in [-0.39, 0.29) is 11.1 Å². The van der Waals surface area contributed by atoms with Crippen LogP contribution in [0, 0.1) is 0 Å². The molecule has 3 aromatic carbocycles. The van der Waals surface area contributed by atoms with Gasteiger partial charge in [0.05, 0.1) is 6.10 Å². The van der Waals surface area contributed by atoms with Crippen LogP contribution < -0.4 is 0 Å². The van der Waals surface area contributed by atoms with Crippen molar-refractivity contribution < 1.29 is 4.43 Å². The number of hydrogen-bond donors (Lipinski definition) is 0. The number of rotatable bonds is 8. The first-order valence-corrected chi connectivity index (χ1v) is 14.0. The standard InChI is InChI=1S/C28H36OSi/c1-28(2,3)30(4,5)29-27(25-19-13-8-14-20-25)22-21-26(23-15-9-6-10-16-23)24-17-11-7-12-18-24/h6-20,26-27H,21-22H2,1-5H3. The predicted octanol–water partition coefficient (Wildman–Crippen LogP) is 8.36. The highest BCUT2D eigenvalue weighted by molar-refractivity contribution is 6.74. The summed E-state index contributed by atoms with van der Waals surface area (Å²) in [4.78, 5) is 0. The maximum Gasteiger partial charge on any atom is 0.192 e. The molecule has 0 aliphatic heterocycles. The Morgan fingerprint density at radius 3 is 1.43 bits per heavy atom. The first-order valence-electron chi connectivity index (χ1n) is 11.1. The fourth-order valence-corrected chi connectivity index (χ4v) is 5.03. The highest BCUT2D eigenvalue weighted by atomic mass is 28.4. The van der Waals surface area contributed by atoms with Crippen LogP contribution in [0.1, 0.15) is 62.3 Å². The number of hydrogen-bond acceptors (Lipinski definition) is 1. The van der Waals surface area contributed by atoms with Crippen LogP contribution in [-0.2, 0) is 4.43 Å². The Kier molecular flexibility index (Phi) is 7.33. The average Bonchev–Trinajstić information content (AvgIpc) is 2.74. The van der Waals surface area contributed by atoms with Crippen LogP contribution in [0.25, 0.3) is 0 Å². The molecule has 30 heavy (non-hydrogen) atoms. The Labute approximate surface area is 184 Å². The Balaban J connectivity index is 1.87. The van der Waals surface area contributed by atoms with Crippen molar-refractivity contribution >= 4 is 8.32 Å². The van der Waals surface area contributed by atoms with Gasteiger partial charge < -0.3 is 4.43 Å². The molecule has 0 saturated carbocycles. The van der Waals surface area contributed by atoms with Crippen LogP contribution in [0.15, 0.2) is 91.0 Å². The van der Waals surface area contributed by atoms with E-state index < -0.39 is 8.32 Å². The monoisotopic (exact) mass is 416 g/mol. The lowest BCUT2D eigenvalue weighted by molar-refractivity contribution is 0.169. The maximum atomic E-state index is 6.95. The molecular weight excluding hydrogens is 380 g/mol. The third kappa shape index (κ3) is 5.71. The molecule has 0 spiro atoms. The van der Waals surface area contributed by atoms with Gasteiger partial charge >= 0.3 is 0 Å². The van der Waals surface area contributed by atoms with Gasteiger partial charge in [0.1, 0.15) is 0 Å². The average molecular weight is 417 g/mol. The third-order valence-electron chi connectivity index (χ3n) is 6.54. The van der Waals surface area contributed by atoms with Gasteiger partial charge in [0.2, 0.25) is 0 Å². The molecule has 1 unspecified atom stereocenters. The largest absolute Gasteiger partial charge is 0.410 e. The molecule has 0 bridgehead atoms. The molecule has 3 aromatic rings. The summed E-state index contributed by atoms with van der Waals surface area (Å²) < 4.78 is 6.95. The lowest BCUT2D eigenvalue weighted by Crippen LogP contribution is -2.41. The van der Waals surface area contributed by atoms with E-state index in [0.717, 1.165) is 12.8 Å². The molecule has 0 fully saturated rings. The minimum Gasteiger partial charge on any atom is -0.410 e. The van der Waals surface area contributed by atoms with Gasteiger partial charge in [0.15, 0.2) is 8.32 Å². The smallest absolute Gasteiger partial charge is 0.192 e. The predicted molar refractivity (Wildman–Crippen MR) is 131 cm³/mol. The zero-order chi connectivity index (χ0) is 21.6. The van der Waals surface area contributed by atoms with E-state index in [4.69, 9.17) is 4.43 Å². The van der Waals surface area contributed by atoms with E-state index in [1.807, 2.05) is 0 Å².